The third-order valence-electron chi connectivity index (χ3n) is 6.13. The van der Waals surface area contributed by atoms with Crippen LogP contribution >= 0.6 is 0 Å². The third kappa shape index (κ3) is 5.64. The number of likely N-dealkylation sites (tertiary alicyclic amines) is 1. The summed E-state index contributed by atoms with van der Waals surface area (Å²) in [6.07, 6.45) is 1.48. The quantitative estimate of drug-likeness (QED) is 0.576. The van der Waals surface area contributed by atoms with Gasteiger partial charge >= 0.3 is 0 Å². The summed E-state index contributed by atoms with van der Waals surface area (Å²) in [5.41, 5.74) is 1.11. The van der Waals surface area contributed by atoms with Crippen molar-refractivity contribution in [1.29, 1.82) is 0 Å². The number of nitrogens with zero attached hydrogens (tertiary/aromatic N) is 3. The fourth-order valence-corrected chi connectivity index (χ4v) is 4.07. The number of ketones is 1. The zero-order valence-corrected chi connectivity index (χ0v) is 20.3. The zero-order chi connectivity index (χ0) is 25.0. The van der Waals surface area contributed by atoms with Gasteiger partial charge in [0.05, 0.1) is 17.8 Å². The number of halogens is 1. The molecule has 0 radical (unpaired) electrons. The van der Waals surface area contributed by atoms with E-state index >= 15 is 0 Å². The van der Waals surface area contributed by atoms with Gasteiger partial charge in [-0.15, -0.1) is 0 Å². The van der Waals surface area contributed by atoms with Crippen LogP contribution in [0.4, 0.5) is 4.39 Å². The number of amides is 2. The Bertz CT molecular complexity index is 1060. The Balaban J connectivity index is 1.87. The predicted octanol–water partition coefficient (Wildman–Crippen LogP) is 2.57. The highest BCUT2D eigenvalue weighted by molar-refractivity contribution is 6.07. The van der Waals surface area contributed by atoms with Gasteiger partial charge in [0.15, 0.2) is 0 Å². The molecular weight excluding hydrogens is 437 g/mol. The van der Waals surface area contributed by atoms with Crippen molar-refractivity contribution in [3.8, 4) is 0 Å². The van der Waals surface area contributed by atoms with Gasteiger partial charge in [-0.25, -0.2) is 14.4 Å². The average molecular weight is 470 g/mol. The number of carbonyl (C=O) groups excluding carboxylic acids is 3. The maximum atomic E-state index is 13.5. The normalized spacial score (nSPS) is 17.5. The molecule has 3 rings (SSSR count). The number of aryl methyl sites for hydroxylation is 1. The molecule has 2 amide bonds. The summed E-state index contributed by atoms with van der Waals surface area (Å²) in [4.78, 5) is 49.5. The van der Waals surface area contributed by atoms with Crippen LogP contribution in [0.1, 0.15) is 67.2 Å². The molecule has 2 aromatic rings. The number of nitrogens with one attached hydrogen (secondary N) is 2. The van der Waals surface area contributed by atoms with E-state index in [-0.39, 0.29) is 35.3 Å². The van der Waals surface area contributed by atoms with E-state index in [0.717, 1.165) is 6.42 Å². The molecule has 0 saturated carbocycles. The number of carbonyl (C=O) groups is 3. The second-order valence-electron chi connectivity index (χ2n) is 8.99. The standard InChI is InChI=1S/C25H32FN5O3/c1-14(2)22(30-24(33)15(3)27-5)25(34)31-12-6-7-21(31)19-13-20(29-16(4)28-19)23(32)17-8-10-18(26)11-9-17/h8-11,13-15,21-22,27H,6-7,12H2,1-5H3,(H,30,33)/t15?,21?,22-/m0/s1. The first-order valence-electron chi connectivity index (χ1n) is 11.6. The molecule has 0 aliphatic carbocycles. The Morgan fingerprint density at radius 1 is 1.12 bits per heavy atom. The highest BCUT2D eigenvalue weighted by Crippen LogP contribution is 2.32. The van der Waals surface area contributed by atoms with Crippen molar-refractivity contribution in [2.45, 2.75) is 58.7 Å². The molecular formula is C25H32FN5O3. The summed E-state index contributed by atoms with van der Waals surface area (Å²) in [7, 11) is 1.69. The smallest absolute Gasteiger partial charge is 0.245 e. The summed E-state index contributed by atoms with van der Waals surface area (Å²) in [6, 6.07) is 5.49. The van der Waals surface area contributed by atoms with Gasteiger partial charge in [0.25, 0.3) is 0 Å². The molecule has 1 aliphatic heterocycles. The summed E-state index contributed by atoms with van der Waals surface area (Å²) >= 11 is 0. The second-order valence-corrected chi connectivity index (χ2v) is 8.99. The summed E-state index contributed by atoms with van der Waals surface area (Å²) in [5, 5.41) is 5.76. The molecule has 0 spiro atoms. The predicted molar refractivity (Wildman–Crippen MR) is 126 cm³/mol. The lowest BCUT2D eigenvalue weighted by Crippen LogP contribution is -2.54. The third-order valence-corrected chi connectivity index (χ3v) is 6.13. The number of aromatic nitrogens is 2. The van der Waals surface area contributed by atoms with Gasteiger partial charge in [-0.05, 0) is 70.0 Å². The van der Waals surface area contributed by atoms with Gasteiger partial charge in [-0.2, -0.15) is 0 Å². The molecule has 2 unspecified atom stereocenters. The van der Waals surface area contributed by atoms with E-state index in [1.807, 2.05) is 13.8 Å². The van der Waals surface area contributed by atoms with E-state index in [4.69, 9.17) is 0 Å². The Morgan fingerprint density at radius 3 is 2.41 bits per heavy atom. The lowest BCUT2D eigenvalue weighted by molar-refractivity contribution is -0.139. The molecule has 2 heterocycles. The van der Waals surface area contributed by atoms with Crippen LogP contribution in [0.2, 0.25) is 0 Å². The number of rotatable bonds is 8. The second kappa shape index (κ2) is 10.8. The number of hydrogen-bond donors (Lipinski definition) is 2. The van der Waals surface area contributed by atoms with Gasteiger partial charge in [0.2, 0.25) is 17.6 Å². The van der Waals surface area contributed by atoms with Crippen LogP contribution in [0.15, 0.2) is 30.3 Å². The molecule has 8 nitrogen and oxygen atoms in total. The fraction of sp³-hybridized carbons (Fsp3) is 0.480. The summed E-state index contributed by atoms with van der Waals surface area (Å²) in [5.74, 6) is -0.862. The van der Waals surface area contributed by atoms with Crippen molar-refractivity contribution in [1.82, 2.24) is 25.5 Å². The largest absolute Gasteiger partial charge is 0.343 e. The SMILES string of the molecule is CNC(C)C(=O)N[C@H](C(=O)N1CCCC1c1cc(C(=O)c2ccc(F)cc2)nc(C)n1)C(C)C. The maximum absolute atomic E-state index is 13.5. The first-order valence-corrected chi connectivity index (χ1v) is 11.6. The number of hydrogen-bond acceptors (Lipinski definition) is 6. The van der Waals surface area contributed by atoms with Gasteiger partial charge in [0.1, 0.15) is 23.4 Å². The molecule has 34 heavy (non-hydrogen) atoms. The van der Waals surface area contributed by atoms with Gasteiger partial charge in [0, 0.05) is 12.1 Å². The van der Waals surface area contributed by atoms with Crippen molar-refractivity contribution < 1.29 is 18.8 Å². The minimum absolute atomic E-state index is 0.107. The van der Waals surface area contributed by atoms with Crippen LogP contribution < -0.4 is 10.6 Å². The van der Waals surface area contributed by atoms with Crippen LogP contribution in [0.25, 0.3) is 0 Å². The van der Waals surface area contributed by atoms with Crippen molar-refractivity contribution in [3.63, 3.8) is 0 Å². The summed E-state index contributed by atoms with van der Waals surface area (Å²) in [6.45, 7) is 7.76. The Morgan fingerprint density at radius 2 is 1.79 bits per heavy atom. The minimum Gasteiger partial charge on any atom is -0.343 e. The van der Waals surface area contributed by atoms with Crippen LogP contribution in [-0.4, -0.2) is 58.1 Å². The highest BCUT2D eigenvalue weighted by Gasteiger charge is 2.37. The van der Waals surface area contributed by atoms with Crippen molar-refractivity contribution in [2.75, 3.05) is 13.6 Å². The monoisotopic (exact) mass is 469 g/mol. The molecule has 0 bridgehead atoms. The van der Waals surface area contributed by atoms with E-state index in [1.165, 1.54) is 24.3 Å². The van der Waals surface area contributed by atoms with Gasteiger partial charge in [-0.1, -0.05) is 13.8 Å². The lowest BCUT2D eigenvalue weighted by atomic mass is 10.0. The molecule has 1 aliphatic rings. The molecule has 3 atom stereocenters. The van der Waals surface area contributed by atoms with Crippen LogP contribution in [0, 0.1) is 18.7 Å². The topological polar surface area (TPSA) is 104 Å². The Hall–Kier alpha value is -3.20. The van der Waals surface area contributed by atoms with E-state index in [9.17, 15) is 18.8 Å². The van der Waals surface area contributed by atoms with E-state index < -0.39 is 17.9 Å². The van der Waals surface area contributed by atoms with E-state index in [0.29, 0.717) is 30.0 Å². The van der Waals surface area contributed by atoms with Crippen LogP contribution in [-0.2, 0) is 9.59 Å². The lowest BCUT2D eigenvalue weighted by Gasteiger charge is -2.31. The van der Waals surface area contributed by atoms with Gasteiger partial charge in [-0.3, -0.25) is 14.4 Å². The van der Waals surface area contributed by atoms with Crippen molar-refractivity contribution in [2.24, 2.45) is 5.92 Å². The molecule has 1 aromatic carbocycles. The van der Waals surface area contributed by atoms with Gasteiger partial charge < -0.3 is 15.5 Å². The molecule has 9 heteroatoms. The minimum atomic E-state index is -0.674. The molecule has 1 aromatic heterocycles. The highest BCUT2D eigenvalue weighted by atomic mass is 19.1. The summed E-state index contributed by atoms with van der Waals surface area (Å²) < 4.78 is 13.3. The van der Waals surface area contributed by atoms with E-state index in [2.05, 4.69) is 20.6 Å². The molecule has 1 fully saturated rings. The average Bonchev–Trinajstić information content (AvgIpc) is 3.31. The number of likely N-dealkylation sites (N-methyl/N-ethyl adjacent to an activating group) is 1. The van der Waals surface area contributed by atoms with Crippen molar-refractivity contribution >= 4 is 17.6 Å². The van der Waals surface area contributed by atoms with E-state index in [1.54, 1.807) is 31.9 Å². The Labute approximate surface area is 199 Å². The first-order chi connectivity index (χ1) is 16.1. The van der Waals surface area contributed by atoms with Crippen molar-refractivity contribution in [3.05, 3.63) is 58.9 Å². The molecule has 1 saturated heterocycles. The molecule has 182 valence electrons. The zero-order valence-electron chi connectivity index (χ0n) is 20.3. The van der Waals surface area contributed by atoms with Crippen LogP contribution in [0.3, 0.4) is 0 Å². The maximum Gasteiger partial charge on any atom is 0.245 e. The Kier molecular flexibility index (Phi) is 8.09. The fourth-order valence-electron chi connectivity index (χ4n) is 4.07. The first kappa shape index (κ1) is 25.4. The number of benzene rings is 1. The molecule has 2 N–H and O–H groups in total. The van der Waals surface area contributed by atoms with Crippen LogP contribution in [0.5, 0.6) is 0 Å².